The van der Waals surface area contributed by atoms with E-state index >= 15 is 0 Å². The highest BCUT2D eigenvalue weighted by Crippen LogP contribution is 2.13. The third-order valence-corrected chi connectivity index (χ3v) is 11.2. The van der Waals surface area contributed by atoms with Crippen LogP contribution in [0.15, 0.2) is 12.2 Å². The van der Waals surface area contributed by atoms with Crippen molar-refractivity contribution in [3.8, 4) is 0 Å². The number of ketones is 3. The Bertz CT molecular complexity index is 2350. The first kappa shape index (κ1) is 69.9. The SMILES string of the molecule is COC(=O)[C@@H](NC(=O)[C@@H](NC(=O)[C@H](NC(=O)[C@H](NC(=O)[C@H](C(=O)[C@H](C)N)N1C/C=C/CCC(=O)N[C@@H](N[C@@H](C=O)CCC(=O)O)C(=O)N[C@@H](C(=O)[C@H](C)N)C1=O)N[C@@H](C)C=O)N[C@@H](C)C=O)C(=O)[C@@H](N)CCC(=O)O)N[C@@H](C)C=O. The number of methoxy groups -OCH3 is 1. The number of aliphatic carboxylic acids is 2. The topological polar surface area (TPSA) is 541 Å². The maximum absolute atomic E-state index is 14.7. The summed E-state index contributed by atoms with van der Waals surface area (Å²) in [6.07, 6.45) is -7.74. The molecule has 7 amide bonds. The summed E-state index contributed by atoms with van der Waals surface area (Å²) in [5, 5.41) is 40.5. The fraction of sp³-hybridized carbons (Fsp3) is 0.587. The van der Waals surface area contributed by atoms with Gasteiger partial charge in [0, 0.05) is 25.8 Å². The lowest BCUT2D eigenvalue weighted by Gasteiger charge is -2.34. The second-order valence-electron chi connectivity index (χ2n) is 18.1. The Balaban J connectivity index is 4.03. The quantitative estimate of drug-likeness (QED) is 0.00935. The van der Waals surface area contributed by atoms with E-state index in [-0.39, 0.29) is 31.7 Å². The summed E-state index contributed by atoms with van der Waals surface area (Å²) < 4.78 is 4.63. The monoisotopic (exact) mass is 1140 g/mol. The van der Waals surface area contributed by atoms with Crippen molar-refractivity contribution in [2.24, 2.45) is 17.2 Å². The fourth-order valence-electron chi connectivity index (χ4n) is 6.88. The molecule has 0 saturated carbocycles. The molecule has 0 spiro atoms. The van der Waals surface area contributed by atoms with E-state index in [1.807, 2.05) is 10.6 Å². The maximum atomic E-state index is 14.7. The average molecular weight is 1140 g/mol. The van der Waals surface area contributed by atoms with Crippen molar-refractivity contribution < 1.29 is 96.5 Å². The summed E-state index contributed by atoms with van der Waals surface area (Å²) in [6, 6.07) is -17.7. The van der Waals surface area contributed by atoms with Crippen LogP contribution in [0.2, 0.25) is 0 Å². The van der Waals surface area contributed by atoms with Gasteiger partial charge in [-0.15, -0.1) is 0 Å². The molecule has 1 aliphatic heterocycles. The highest BCUT2D eigenvalue weighted by atomic mass is 16.5. The van der Waals surface area contributed by atoms with Crippen LogP contribution in [0.4, 0.5) is 0 Å². The van der Waals surface area contributed by atoms with Crippen LogP contribution in [-0.2, 0) is 86.2 Å². The molecular weight excluding hydrogens is 1070 g/mol. The first-order chi connectivity index (χ1) is 37.5. The van der Waals surface area contributed by atoms with Gasteiger partial charge in [-0.2, -0.15) is 0 Å². The van der Waals surface area contributed by atoms with Crippen molar-refractivity contribution in [3.63, 3.8) is 0 Å². The molecule has 444 valence electrons. The Kier molecular flexibility index (Phi) is 30.3. The molecule has 0 aliphatic carbocycles. The molecule has 0 radical (unpaired) electrons. The lowest BCUT2D eigenvalue weighted by molar-refractivity contribution is -0.151. The van der Waals surface area contributed by atoms with Crippen molar-refractivity contribution >= 4 is 102 Å². The summed E-state index contributed by atoms with van der Waals surface area (Å²) in [7, 11) is 0.895. The molecule has 0 bridgehead atoms. The Labute approximate surface area is 456 Å². The second kappa shape index (κ2) is 34.7. The van der Waals surface area contributed by atoms with E-state index in [4.69, 9.17) is 22.3 Å². The van der Waals surface area contributed by atoms with Crippen molar-refractivity contribution in [2.75, 3.05) is 13.7 Å². The fourth-order valence-corrected chi connectivity index (χ4v) is 6.88. The van der Waals surface area contributed by atoms with Gasteiger partial charge in [0.15, 0.2) is 60.1 Å². The Morgan fingerprint density at radius 3 is 1.65 bits per heavy atom. The number of nitrogens with two attached hydrogens (primary N) is 3. The van der Waals surface area contributed by atoms with Gasteiger partial charge in [0.1, 0.15) is 25.1 Å². The van der Waals surface area contributed by atoms with E-state index in [0.717, 1.165) is 34.8 Å². The van der Waals surface area contributed by atoms with Crippen LogP contribution in [-0.4, -0.2) is 216 Å². The summed E-state index contributed by atoms with van der Waals surface area (Å²) in [4.78, 5) is 223. The first-order valence-electron chi connectivity index (χ1n) is 24.5. The van der Waals surface area contributed by atoms with E-state index in [1.54, 1.807) is 0 Å². The number of amides is 7. The number of allylic oxidation sites excluding steroid dienone is 1. The Morgan fingerprint density at radius 1 is 0.662 bits per heavy atom. The number of carbonyl (C=O) groups is 17. The zero-order valence-corrected chi connectivity index (χ0v) is 44.4. The first-order valence-corrected chi connectivity index (χ1v) is 24.5. The highest BCUT2D eigenvalue weighted by molar-refractivity contribution is 6.15. The molecule has 0 saturated heterocycles. The third kappa shape index (κ3) is 23.1. The van der Waals surface area contributed by atoms with Crippen LogP contribution < -0.4 is 70.4 Å². The molecule has 0 aromatic carbocycles. The lowest BCUT2D eigenvalue weighted by atomic mass is 10.00. The number of carbonyl (C=O) groups excluding carboxylic acids is 15. The average Bonchev–Trinajstić information content (AvgIpc) is 3.41. The second-order valence-corrected chi connectivity index (χ2v) is 18.1. The largest absolute Gasteiger partial charge is 0.481 e. The van der Waals surface area contributed by atoms with Gasteiger partial charge in [0.05, 0.1) is 49.4 Å². The number of nitrogens with zero attached hydrogens (tertiary/aromatic N) is 1. The minimum absolute atomic E-state index is 0.150. The molecule has 18 N–H and O–H groups in total. The molecule has 1 rings (SSSR count). The highest BCUT2D eigenvalue weighted by Gasteiger charge is 2.45. The van der Waals surface area contributed by atoms with Crippen LogP contribution in [0.25, 0.3) is 0 Å². The van der Waals surface area contributed by atoms with Crippen molar-refractivity contribution in [1.82, 2.24) is 58.1 Å². The molecule has 0 fully saturated rings. The predicted octanol–water partition coefficient (Wildman–Crippen LogP) is -9.41. The van der Waals surface area contributed by atoms with E-state index in [2.05, 4.69) is 47.3 Å². The molecule has 1 aliphatic rings. The van der Waals surface area contributed by atoms with Crippen LogP contribution in [0.3, 0.4) is 0 Å². The molecule has 34 heteroatoms. The van der Waals surface area contributed by atoms with Gasteiger partial charge in [-0.05, 0) is 53.9 Å². The maximum Gasteiger partial charge on any atom is 0.343 e. The van der Waals surface area contributed by atoms with Crippen LogP contribution in [0.5, 0.6) is 0 Å². The molecule has 1 heterocycles. The standard InChI is InChI=1S/C46H70N14O20/c1-20(16-61)50-36(42(75)55-30(35(72)26(49)12-14-29(68)69)40(73)59-39(46(79)80-6)52-22(3)18-63)58-44(77)37(51-21(2)17-62)57-41(74)32(34(71)24(5)48)60-15-9-7-8-10-27(65)54-38(53-25(19-64)11-13-28(66)67)43(76)56-31(45(60)78)33(70)23(4)47/h7,9,16-26,30-32,36-39,50-53H,8,10-15,47-49H2,1-6H3,(H,54,65)(H,55,75)(H,56,76)(H,57,74)(H,58,77)(H,59,73)(H,66,67)(H,68,69)/b9-7+/t20-,21-,22-,23-,24-,25+,26-,30-,31-,32-,36-,37-,38+,39+/m0/s1. The third-order valence-electron chi connectivity index (χ3n) is 11.2. The van der Waals surface area contributed by atoms with Gasteiger partial charge in [0.25, 0.3) is 35.4 Å². The Hall–Kier alpha value is -8.15. The van der Waals surface area contributed by atoms with Gasteiger partial charge in [0.2, 0.25) is 5.91 Å². The van der Waals surface area contributed by atoms with E-state index < -0.39 is 194 Å². The molecule has 0 unspecified atom stereocenters. The number of Topliss-reactive ketones (excluding diaryl/α,β-unsaturated/α-hetero) is 3. The Morgan fingerprint density at radius 2 is 1.16 bits per heavy atom. The van der Waals surface area contributed by atoms with Gasteiger partial charge >= 0.3 is 17.9 Å². The zero-order chi connectivity index (χ0) is 61.1. The summed E-state index contributed by atoms with van der Waals surface area (Å²) >= 11 is 0. The molecule has 0 aromatic heterocycles. The number of esters is 1. The van der Waals surface area contributed by atoms with Crippen molar-refractivity contribution in [2.45, 2.75) is 158 Å². The van der Waals surface area contributed by atoms with Gasteiger partial charge < -0.3 is 88.1 Å². The predicted molar refractivity (Wildman–Crippen MR) is 270 cm³/mol. The molecule has 0 aromatic rings. The number of hydrogen-bond donors (Lipinski definition) is 15. The van der Waals surface area contributed by atoms with Crippen LogP contribution >= 0.6 is 0 Å². The van der Waals surface area contributed by atoms with E-state index in [1.165, 1.54) is 19.1 Å². The number of nitrogens with one attached hydrogen (secondary N) is 10. The number of carboxylic acid groups (broad SMARTS) is 2. The molecule has 14 atom stereocenters. The number of aldehydes is 4. The van der Waals surface area contributed by atoms with E-state index in [0.29, 0.717) is 11.2 Å². The van der Waals surface area contributed by atoms with E-state index in [9.17, 15) is 86.6 Å². The molecular formula is C46H70N14O20. The number of hydrogen-bond acceptors (Lipinski definition) is 25. The zero-order valence-electron chi connectivity index (χ0n) is 44.4. The van der Waals surface area contributed by atoms with Crippen LogP contribution in [0.1, 0.15) is 73.1 Å². The number of carboxylic acids is 2. The van der Waals surface area contributed by atoms with Gasteiger partial charge in [-0.1, -0.05) is 12.2 Å². The van der Waals surface area contributed by atoms with Crippen molar-refractivity contribution in [1.29, 1.82) is 0 Å². The summed E-state index contributed by atoms with van der Waals surface area (Å²) in [5.74, 6) is -17.8. The van der Waals surface area contributed by atoms with Gasteiger partial charge in [-0.25, -0.2) is 4.79 Å². The number of rotatable bonds is 34. The smallest absolute Gasteiger partial charge is 0.343 e. The molecule has 34 nitrogen and oxygen atoms in total. The minimum atomic E-state index is -2.48. The van der Waals surface area contributed by atoms with Crippen LogP contribution in [0, 0.1) is 0 Å². The van der Waals surface area contributed by atoms with Crippen molar-refractivity contribution in [3.05, 3.63) is 12.2 Å². The lowest BCUT2D eigenvalue weighted by Crippen LogP contribution is -2.69. The number of ether oxygens (including phenoxy) is 1. The summed E-state index contributed by atoms with van der Waals surface area (Å²) in [5.41, 5.74) is 17.8. The summed E-state index contributed by atoms with van der Waals surface area (Å²) in [6.45, 7) is 4.95. The normalized spacial score (nSPS) is 19.9. The van der Waals surface area contributed by atoms with Gasteiger partial charge in [-0.3, -0.25) is 78.8 Å². The molecule has 80 heavy (non-hydrogen) atoms. The minimum Gasteiger partial charge on any atom is -0.481 e.